The van der Waals surface area contributed by atoms with Gasteiger partial charge >= 0.3 is 0 Å². The maximum absolute atomic E-state index is 13.0. The molecule has 1 aromatic heterocycles. The third-order valence-corrected chi connectivity index (χ3v) is 8.76. The van der Waals surface area contributed by atoms with E-state index in [4.69, 9.17) is 4.74 Å². The Balaban J connectivity index is 1.61. The van der Waals surface area contributed by atoms with Gasteiger partial charge in [-0.05, 0) is 75.1 Å². The average Bonchev–Trinajstić information content (AvgIpc) is 3.15. The van der Waals surface area contributed by atoms with E-state index in [2.05, 4.69) is 11.9 Å². The van der Waals surface area contributed by atoms with E-state index in [9.17, 15) is 13.2 Å². The number of benzene rings is 2. The van der Waals surface area contributed by atoms with Crippen molar-refractivity contribution in [1.29, 1.82) is 0 Å². The van der Waals surface area contributed by atoms with Crippen molar-refractivity contribution >= 4 is 37.5 Å². The number of carbonyl (C=O) groups is 1. The van der Waals surface area contributed by atoms with Gasteiger partial charge in [-0.2, -0.15) is 9.30 Å². The highest BCUT2D eigenvalue weighted by Gasteiger charge is 2.28. The van der Waals surface area contributed by atoms with Crippen molar-refractivity contribution in [1.82, 2.24) is 8.87 Å². The van der Waals surface area contributed by atoms with Crippen molar-refractivity contribution in [2.45, 2.75) is 45.1 Å². The van der Waals surface area contributed by atoms with E-state index >= 15 is 0 Å². The summed E-state index contributed by atoms with van der Waals surface area (Å²) in [5.74, 6) is 0.737. The normalized spacial score (nSPS) is 18.0. The maximum Gasteiger partial charge on any atom is 0.279 e. The summed E-state index contributed by atoms with van der Waals surface area (Å²) in [5.41, 5.74) is 1.35. The van der Waals surface area contributed by atoms with Gasteiger partial charge in [-0.15, -0.1) is 0 Å². The minimum absolute atomic E-state index is 0.210. The van der Waals surface area contributed by atoms with E-state index in [1.54, 1.807) is 16.4 Å². The molecule has 0 bridgehead atoms. The van der Waals surface area contributed by atoms with Gasteiger partial charge in [0.25, 0.3) is 5.91 Å². The van der Waals surface area contributed by atoms with Crippen LogP contribution >= 0.6 is 11.3 Å². The van der Waals surface area contributed by atoms with Crippen LogP contribution in [0, 0.1) is 5.92 Å². The Bertz CT molecular complexity index is 1320. The molecule has 7 nitrogen and oxygen atoms in total. The second kappa shape index (κ2) is 9.79. The Kier molecular flexibility index (Phi) is 7.02. The fourth-order valence-electron chi connectivity index (χ4n) is 4.14. The molecular weight excluding hydrogens is 458 g/mol. The molecule has 0 N–H and O–H groups in total. The number of piperidine rings is 1. The van der Waals surface area contributed by atoms with Crippen molar-refractivity contribution in [2.24, 2.45) is 10.9 Å². The molecule has 0 unspecified atom stereocenters. The standard InChI is InChI=1S/C24H29N3O4S2/c1-4-27-21-13-10-19(31-5-2)15-22(21)32-24(27)25-23(28)18-8-11-20(12-9-18)33(29,30)26-14-6-7-17(3)16-26/h8-13,15,17H,4-7,14,16H2,1-3H3/t17-/m1/s1. The lowest BCUT2D eigenvalue weighted by atomic mass is 10.0. The molecule has 3 aromatic rings. The number of aromatic nitrogens is 1. The van der Waals surface area contributed by atoms with Crippen LogP contribution in [0.2, 0.25) is 0 Å². The Morgan fingerprint density at radius 2 is 1.94 bits per heavy atom. The molecule has 1 atom stereocenters. The van der Waals surface area contributed by atoms with Crippen LogP contribution < -0.4 is 9.54 Å². The summed E-state index contributed by atoms with van der Waals surface area (Å²) in [6, 6.07) is 11.9. The molecule has 0 radical (unpaired) electrons. The van der Waals surface area contributed by atoms with Crippen molar-refractivity contribution in [3.05, 3.63) is 52.8 Å². The fraction of sp³-hybridized carbons (Fsp3) is 0.417. The maximum atomic E-state index is 13.0. The highest BCUT2D eigenvalue weighted by atomic mass is 32.2. The van der Waals surface area contributed by atoms with Crippen LogP contribution in [0.15, 0.2) is 52.4 Å². The zero-order chi connectivity index (χ0) is 23.6. The third kappa shape index (κ3) is 4.90. The molecule has 1 aliphatic rings. The summed E-state index contributed by atoms with van der Waals surface area (Å²) in [6.45, 7) is 8.34. The predicted molar refractivity (Wildman–Crippen MR) is 130 cm³/mol. The van der Waals surface area contributed by atoms with E-state index in [-0.39, 0.29) is 4.90 Å². The third-order valence-electron chi connectivity index (χ3n) is 5.84. The van der Waals surface area contributed by atoms with E-state index in [0.717, 1.165) is 28.8 Å². The smallest absolute Gasteiger partial charge is 0.279 e. The van der Waals surface area contributed by atoms with E-state index in [0.29, 0.717) is 42.5 Å². The van der Waals surface area contributed by atoms with Gasteiger partial charge < -0.3 is 9.30 Å². The molecule has 4 rings (SSSR count). The zero-order valence-corrected chi connectivity index (χ0v) is 20.8. The first-order chi connectivity index (χ1) is 15.8. The molecule has 1 amide bonds. The molecule has 2 aromatic carbocycles. The average molecular weight is 488 g/mol. The summed E-state index contributed by atoms with van der Waals surface area (Å²) < 4.78 is 36.0. The van der Waals surface area contributed by atoms with Crippen molar-refractivity contribution in [2.75, 3.05) is 19.7 Å². The Morgan fingerprint density at radius 1 is 1.18 bits per heavy atom. The fourth-order valence-corrected chi connectivity index (χ4v) is 6.85. The highest BCUT2D eigenvalue weighted by molar-refractivity contribution is 7.89. The molecule has 0 aliphatic carbocycles. The molecule has 2 heterocycles. The van der Waals surface area contributed by atoms with Crippen LogP contribution in [0.3, 0.4) is 0 Å². The second-order valence-electron chi connectivity index (χ2n) is 8.24. The van der Waals surface area contributed by atoms with Gasteiger partial charge in [0, 0.05) is 25.2 Å². The predicted octanol–water partition coefficient (Wildman–Crippen LogP) is 4.28. The summed E-state index contributed by atoms with van der Waals surface area (Å²) in [6.07, 6.45) is 1.91. The Labute approximate surface area is 198 Å². The lowest BCUT2D eigenvalue weighted by Gasteiger charge is -2.30. The number of rotatable bonds is 6. The van der Waals surface area contributed by atoms with Gasteiger partial charge in [0.05, 0.1) is 21.7 Å². The molecule has 176 valence electrons. The van der Waals surface area contributed by atoms with Crippen molar-refractivity contribution in [3.63, 3.8) is 0 Å². The quantitative estimate of drug-likeness (QED) is 0.520. The minimum atomic E-state index is -3.56. The zero-order valence-electron chi connectivity index (χ0n) is 19.2. The van der Waals surface area contributed by atoms with Gasteiger partial charge in [-0.1, -0.05) is 18.3 Å². The van der Waals surface area contributed by atoms with Gasteiger partial charge in [0.2, 0.25) is 10.0 Å². The van der Waals surface area contributed by atoms with Crippen molar-refractivity contribution < 1.29 is 17.9 Å². The van der Waals surface area contributed by atoms with Crippen LogP contribution in [-0.2, 0) is 16.6 Å². The van der Waals surface area contributed by atoms with Gasteiger partial charge in [-0.25, -0.2) is 8.42 Å². The summed E-state index contributed by atoms with van der Waals surface area (Å²) in [5, 5.41) is 0. The van der Waals surface area contributed by atoms with Crippen LogP contribution in [0.5, 0.6) is 5.75 Å². The van der Waals surface area contributed by atoms with Crippen LogP contribution in [0.25, 0.3) is 10.2 Å². The lowest BCUT2D eigenvalue weighted by Crippen LogP contribution is -2.39. The minimum Gasteiger partial charge on any atom is -0.494 e. The van der Waals surface area contributed by atoms with Crippen molar-refractivity contribution in [3.8, 4) is 5.75 Å². The molecule has 33 heavy (non-hydrogen) atoms. The summed E-state index contributed by atoms with van der Waals surface area (Å²) in [7, 11) is -3.56. The molecule has 9 heteroatoms. The molecule has 0 saturated carbocycles. The number of sulfonamides is 1. The number of thiazole rings is 1. The first kappa shape index (κ1) is 23.7. The molecule has 0 spiro atoms. The number of hydrogen-bond donors (Lipinski definition) is 0. The van der Waals surface area contributed by atoms with Gasteiger partial charge in [0.1, 0.15) is 5.75 Å². The van der Waals surface area contributed by atoms with E-state index in [1.165, 1.54) is 23.5 Å². The van der Waals surface area contributed by atoms with Gasteiger partial charge in [0.15, 0.2) is 4.80 Å². The van der Waals surface area contributed by atoms with Crippen LogP contribution in [-0.4, -0.2) is 42.9 Å². The summed E-state index contributed by atoms with van der Waals surface area (Å²) in [4.78, 5) is 18.0. The van der Waals surface area contributed by atoms with E-state index in [1.807, 2.05) is 36.6 Å². The number of aryl methyl sites for hydroxylation is 1. The van der Waals surface area contributed by atoms with Gasteiger partial charge in [-0.3, -0.25) is 4.79 Å². The number of ether oxygens (including phenoxy) is 1. The number of nitrogens with zero attached hydrogens (tertiary/aromatic N) is 3. The molecular formula is C24H29N3O4S2. The lowest BCUT2D eigenvalue weighted by molar-refractivity contribution is 0.0997. The first-order valence-corrected chi connectivity index (χ1v) is 13.5. The molecule has 1 fully saturated rings. The number of hydrogen-bond acceptors (Lipinski definition) is 5. The first-order valence-electron chi connectivity index (χ1n) is 11.3. The second-order valence-corrected chi connectivity index (χ2v) is 11.2. The van der Waals surface area contributed by atoms with E-state index < -0.39 is 15.9 Å². The molecule has 1 aliphatic heterocycles. The Morgan fingerprint density at radius 3 is 2.61 bits per heavy atom. The van der Waals surface area contributed by atoms with Crippen LogP contribution in [0.1, 0.15) is 44.0 Å². The largest absolute Gasteiger partial charge is 0.494 e. The van der Waals surface area contributed by atoms with Crippen LogP contribution in [0.4, 0.5) is 0 Å². The Hall–Kier alpha value is -2.49. The monoisotopic (exact) mass is 487 g/mol. The number of carbonyl (C=O) groups excluding carboxylic acids is 1. The highest BCUT2D eigenvalue weighted by Crippen LogP contribution is 2.25. The number of amides is 1. The molecule has 1 saturated heterocycles. The summed E-state index contributed by atoms with van der Waals surface area (Å²) >= 11 is 1.43. The number of fused-ring (bicyclic) bond motifs is 1. The topological polar surface area (TPSA) is 81.0 Å². The SMILES string of the molecule is CCOc1ccc2c(c1)sc(=NC(=O)c1ccc(S(=O)(=O)N3CCC[C@@H](C)C3)cc1)n2CC.